The third-order valence-electron chi connectivity index (χ3n) is 2.29. The van der Waals surface area contributed by atoms with Gasteiger partial charge in [-0.2, -0.15) is 0 Å². The third kappa shape index (κ3) is 8.81. The van der Waals surface area contributed by atoms with Gasteiger partial charge in [-0.3, -0.25) is 0 Å². The monoisotopic (exact) mass is 217 g/mol. The Labute approximate surface area is 93.8 Å². The first-order valence-corrected chi connectivity index (χ1v) is 6.16. The van der Waals surface area contributed by atoms with Gasteiger partial charge in [0.2, 0.25) is 0 Å². The fraction of sp³-hybridized carbons (Fsp3) is 1.00. The molecule has 0 radical (unpaired) electrons. The maximum Gasteiger partial charge on any atom is 0.0555 e. The van der Waals surface area contributed by atoms with Gasteiger partial charge in [-0.15, -0.1) is 0 Å². The molecule has 0 spiro atoms. The zero-order valence-electron chi connectivity index (χ0n) is 10.2. The summed E-state index contributed by atoms with van der Waals surface area (Å²) >= 11 is 0. The molecule has 0 unspecified atom stereocenters. The van der Waals surface area contributed by atoms with Crippen molar-refractivity contribution < 1.29 is 5.11 Å². The minimum Gasteiger partial charge on any atom is -0.395 e. The Hall–Kier alpha value is -0.160. The summed E-state index contributed by atoms with van der Waals surface area (Å²) in [7, 11) is 0. The molecule has 4 heteroatoms. The molecule has 1 saturated heterocycles. The molecule has 0 aromatic carbocycles. The SMILES string of the molecule is CC.OCCNCCCNCC1CNC1. The molecule has 1 heterocycles. The molecular weight excluding hydrogens is 190 g/mol. The van der Waals surface area contributed by atoms with Crippen molar-refractivity contribution in [2.75, 3.05) is 45.9 Å². The van der Waals surface area contributed by atoms with E-state index < -0.39 is 0 Å². The molecule has 1 rings (SSSR count). The Morgan fingerprint density at radius 2 is 1.80 bits per heavy atom. The number of nitrogens with one attached hydrogen (secondary N) is 3. The van der Waals surface area contributed by atoms with Crippen molar-refractivity contribution in [2.45, 2.75) is 20.3 Å². The highest BCUT2D eigenvalue weighted by Crippen LogP contribution is 1.99. The molecule has 4 nitrogen and oxygen atoms in total. The maximum atomic E-state index is 8.50. The molecule has 1 aliphatic rings. The number of aliphatic hydroxyl groups is 1. The van der Waals surface area contributed by atoms with Gasteiger partial charge in [0, 0.05) is 26.2 Å². The van der Waals surface area contributed by atoms with Crippen molar-refractivity contribution in [1.82, 2.24) is 16.0 Å². The van der Waals surface area contributed by atoms with Crippen LogP contribution in [-0.2, 0) is 0 Å². The molecule has 15 heavy (non-hydrogen) atoms. The Kier molecular flexibility index (Phi) is 11.8. The maximum absolute atomic E-state index is 8.50. The van der Waals surface area contributed by atoms with Gasteiger partial charge in [0.25, 0.3) is 0 Å². The predicted molar refractivity (Wildman–Crippen MR) is 65.1 cm³/mol. The van der Waals surface area contributed by atoms with Gasteiger partial charge in [-0.05, 0) is 25.4 Å². The first kappa shape index (κ1) is 14.8. The molecule has 92 valence electrons. The summed E-state index contributed by atoms with van der Waals surface area (Å²) < 4.78 is 0. The van der Waals surface area contributed by atoms with E-state index in [2.05, 4.69) is 16.0 Å². The van der Waals surface area contributed by atoms with Crippen LogP contribution < -0.4 is 16.0 Å². The number of hydrogen-bond donors (Lipinski definition) is 4. The molecule has 0 aliphatic carbocycles. The lowest BCUT2D eigenvalue weighted by molar-refractivity contribution is 0.291. The van der Waals surface area contributed by atoms with Crippen LogP contribution in [0.4, 0.5) is 0 Å². The number of hydrogen-bond acceptors (Lipinski definition) is 4. The summed E-state index contributed by atoms with van der Waals surface area (Å²) in [5.41, 5.74) is 0. The molecule has 1 fully saturated rings. The van der Waals surface area contributed by atoms with E-state index >= 15 is 0 Å². The first-order chi connectivity index (χ1) is 7.43. The second kappa shape index (κ2) is 11.9. The van der Waals surface area contributed by atoms with Crippen LogP contribution in [0.2, 0.25) is 0 Å². The first-order valence-electron chi connectivity index (χ1n) is 6.16. The van der Waals surface area contributed by atoms with E-state index in [0.717, 1.165) is 32.0 Å². The van der Waals surface area contributed by atoms with Crippen LogP contribution in [0.15, 0.2) is 0 Å². The molecule has 0 saturated carbocycles. The summed E-state index contributed by atoms with van der Waals surface area (Å²) in [5.74, 6) is 0.852. The second-order valence-corrected chi connectivity index (χ2v) is 3.56. The van der Waals surface area contributed by atoms with Crippen molar-refractivity contribution >= 4 is 0 Å². The van der Waals surface area contributed by atoms with Gasteiger partial charge in [-0.1, -0.05) is 13.8 Å². The third-order valence-corrected chi connectivity index (χ3v) is 2.29. The van der Waals surface area contributed by atoms with E-state index in [1.807, 2.05) is 13.8 Å². The highest BCUT2D eigenvalue weighted by atomic mass is 16.3. The van der Waals surface area contributed by atoms with Crippen LogP contribution in [0, 0.1) is 5.92 Å². The fourth-order valence-electron chi connectivity index (χ4n) is 1.34. The molecular formula is C11H27N3O. The lowest BCUT2D eigenvalue weighted by Gasteiger charge is -2.27. The smallest absolute Gasteiger partial charge is 0.0555 e. The number of rotatable bonds is 8. The van der Waals surface area contributed by atoms with Crippen LogP contribution in [0.25, 0.3) is 0 Å². The van der Waals surface area contributed by atoms with Crippen LogP contribution in [-0.4, -0.2) is 51.0 Å². The molecule has 0 aromatic rings. The van der Waals surface area contributed by atoms with E-state index in [4.69, 9.17) is 5.11 Å². The molecule has 0 aromatic heterocycles. The normalized spacial score (nSPS) is 15.4. The van der Waals surface area contributed by atoms with Crippen molar-refractivity contribution in [3.63, 3.8) is 0 Å². The largest absolute Gasteiger partial charge is 0.395 e. The van der Waals surface area contributed by atoms with Gasteiger partial charge >= 0.3 is 0 Å². The summed E-state index contributed by atoms with van der Waals surface area (Å²) in [4.78, 5) is 0. The predicted octanol–water partition coefficient (Wildman–Crippen LogP) is -0.206. The Bertz CT molecular complexity index is 118. The fourth-order valence-corrected chi connectivity index (χ4v) is 1.34. The lowest BCUT2D eigenvalue weighted by Crippen LogP contribution is -2.47. The van der Waals surface area contributed by atoms with Gasteiger partial charge in [0.15, 0.2) is 0 Å². The van der Waals surface area contributed by atoms with E-state index in [9.17, 15) is 0 Å². The van der Waals surface area contributed by atoms with E-state index in [-0.39, 0.29) is 6.61 Å². The van der Waals surface area contributed by atoms with Crippen molar-refractivity contribution in [3.05, 3.63) is 0 Å². The van der Waals surface area contributed by atoms with Crippen LogP contribution >= 0.6 is 0 Å². The molecule has 1 aliphatic heterocycles. The Morgan fingerprint density at radius 3 is 2.33 bits per heavy atom. The summed E-state index contributed by atoms with van der Waals surface area (Å²) in [5, 5.41) is 18.3. The van der Waals surface area contributed by atoms with Gasteiger partial charge < -0.3 is 21.1 Å². The zero-order chi connectivity index (χ0) is 11.4. The lowest BCUT2D eigenvalue weighted by atomic mass is 10.0. The topological polar surface area (TPSA) is 56.3 Å². The minimum absolute atomic E-state index is 0.237. The Balaban J connectivity index is 0.000000921. The summed E-state index contributed by atoms with van der Waals surface area (Å²) in [6, 6.07) is 0. The van der Waals surface area contributed by atoms with E-state index in [1.165, 1.54) is 13.1 Å². The molecule has 0 bridgehead atoms. The highest BCUT2D eigenvalue weighted by Gasteiger charge is 2.14. The van der Waals surface area contributed by atoms with Crippen LogP contribution in [0.1, 0.15) is 20.3 Å². The Morgan fingerprint density at radius 1 is 1.13 bits per heavy atom. The quantitative estimate of drug-likeness (QED) is 0.425. The van der Waals surface area contributed by atoms with Gasteiger partial charge in [0.05, 0.1) is 6.61 Å². The van der Waals surface area contributed by atoms with Crippen molar-refractivity contribution in [2.24, 2.45) is 5.92 Å². The molecule has 0 atom stereocenters. The van der Waals surface area contributed by atoms with Gasteiger partial charge in [-0.25, -0.2) is 0 Å². The summed E-state index contributed by atoms with van der Waals surface area (Å²) in [6.07, 6.45) is 1.14. The van der Waals surface area contributed by atoms with Crippen molar-refractivity contribution in [1.29, 1.82) is 0 Å². The molecule has 0 amide bonds. The van der Waals surface area contributed by atoms with E-state index in [0.29, 0.717) is 6.54 Å². The molecule has 4 N–H and O–H groups in total. The van der Waals surface area contributed by atoms with Gasteiger partial charge in [0.1, 0.15) is 0 Å². The van der Waals surface area contributed by atoms with Crippen molar-refractivity contribution in [3.8, 4) is 0 Å². The average molecular weight is 217 g/mol. The van der Waals surface area contributed by atoms with E-state index in [1.54, 1.807) is 0 Å². The van der Waals surface area contributed by atoms with Crippen LogP contribution in [0.3, 0.4) is 0 Å². The standard InChI is InChI=1S/C9H21N3O.C2H6/c13-5-4-10-2-1-3-11-6-9-7-12-8-9;1-2/h9-13H,1-8H2;1-2H3. The summed E-state index contributed by atoms with van der Waals surface area (Å²) in [6.45, 7) is 10.5. The minimum atomic E-state index is 0.237. The number of aliphatic hydroxyl groups excluding tert-OH is 1. The second-order valence-electron chi connectivity index (χ2n) is 3.56. The zero-order valence-corrected chi connectivity index (χ0v) is 10.2. The van der Waals surface area contributed by atoms with Crippen LogP contribution in [0.5, 0.6) is 0 Å². The average Bonchev–Trinajstić information content (AvgIpc) is 2.22. The highest BCUT2D eigenvalue weighted by molar-refractivity contribution is 4.76.